The average molecular weight is 265 g/mol. The van der Waals surface area contributed by atoms with Gasteiger partial charge in [0.05, 0.1) is 12.5 Å². The van der Waals surface area contributed by atoms with E-state index in [9.17, 15) is 9.59 Å². The van der Waals surface area contributed by atoms with Crippen LogP contribution in [0, 0.1) is 0 Å². The highest BCUT2D eigenvalue weighted by Gasteiger charge is 2.31. The Hall–Kier alpha value is -1.36. The highest BCUT2D eigenvalue weighted by molar-refractivity contribution is 5.89. The van der Waals surface area contributed by atoms with Gasteiger partial charge in [0.25, 0.3) is 0 Å². The molecule has 0 aromatic rings. The highest BCUT2D eigenvalue weighted by atomic mass is 16.2. The molecule has 5 nitrogen and oxygen atoms in total. The molecule has 2 rings (SSSR count). The SMILES string of the molecule is C=CCCCN1CCNC(CC(=O)NC2CC2)C1=O. The van der Waals surface area contributed by atoms with Gasteiger partial charge in [0.15, 0.2) is 0 Å². The smallest absolute Gasteiger partial charge is 0.240 e. The molecule has 1 aliphatic carbocycles. The van der Waals surface area contributed by atoms with Crippen LogP contribution in [0.5, 0.6) is 0 Å². The van der Waals surface area contributed by atoms with Crippen LogP contribution in [0.3, 0.4) is 0 Å². The van der Waals surface area contributed by atoms with E-state index in [1.165, 1.54) is 0 Å². The van der Waals surface area contributed by atoms with Crippen LogP contribution in [0.2, 0.25) is 0 Å². The fourth-order valence-electron chi connectivity index (χ4n) is 2.30. The zero-order valence-electron chi connectivity index (χ0n) is 11.4. The van der Waals surface area contributed by atoms with E-state index in [0.29, 0.717) is 6.04 Å². The van der Waals surface area contributed by atoms with Gasteiger partial charge in [-0.05, 0) is 25.7 Å². The molecule has 1 saturated carbocycles. The summed E-state index contributed by atoms with van der Waals surface area (Å²) in [5.41, 5.74) is 0. The van der Waals surface area contributed by atoms with Gasteiger partial charge in [-0.3, -0.25) is 9.59 Å². The van der Waals surface area contributed by atoms with E-state index < -0.39 is 0 Å². The first kappa shape index (κ1) is 14.1. The number of amides is 2. The summed E-state index contributed by atoms with van der Waals surface area (Å²) in [4.78, 5) is 25.8. The van der Waals surface area contributed by atoms with Gasteiger partial charge in [0, 0.05) is 25.7 Å². The molecule has 1 atom stereocenters. The molecular formula is C14H23N3O2. The van der Waals surface area contributed by atoms with Gasteiger partial charge in [-0.15, -0.1) is 6.58 Å². The molecule has 1 unspecified atom stereocenters. The lowest BCUT2D eigenvalue weighted by molar-refractivity contribution is -0.138. The monoisotopic (exact) mass is 265 g/mol. The summed E-state index contributed by atoms with van der Waals surface area (Å²) in [7, 11) is 0. The number of unbranched alkanes of at least 4 members (excludes halogenated alkanes) is 1. The molecule has 5 heteroatoms. The second-order valence-corrected chi connectivity index (χ2v) is 5.31. The van der Waals surface area contributed by atoms with Gasteiger partial charge in [-0.25, -0.2) is 0 Å². The van der Waals surface area contributed by atoms with Gasteiger partial charge in [-0.1, -0.05) is 6.08 Å². The molecule has 0 spiro atoms. The van der Waals surface area contributed by atoms with Crippen molar-refractivity contribution in [3.05, 3.63) is 12.7 Å². The van der Waals surface area contributed by atoms with Crippen molar-refractivity contribution in [1.29, 1.82) is 0 Å². The van der Waals surface area contributed by atoms with Crippen LogP contribution in [0.25, 0.3) is 0 Å². The van der Waals surface area contributed by atoms with Crippen LogP contribution in [-0.2, 0) is 9.59 Å². The number of rotatable bonds is 7. The Kier molecular flexibility index (Phi) is 4.96. The zero-order valence-corrected chi connectivity index (χ0v) is 11.4. The normalized spacial score (nSPS) is 23.3. The fraction of sp³-hybridized carbons (Fsp3) is 0.714. The van der Waals surface area contributed by atoms with E-state index in [2.05, 4.69) is 17.2 Å². The van der Waals surface area contributed by atoms with Crippen molar-refractivity contribution >= 4 is 11.8 Å². The van der Waals surface area contributed by atoms with Crippen LogP contribution in [0.1, 0.15) is 32.1 Å². The Morgan fingerprint density at radius 3 is 3.00 bits per heavy atom. The molecule has 2 N–H and O–H groups in total. The van der Waals surface area contributed by atoms with Gasteiger partial charge in [0.2, 0.25) is 11.8 Å². The molecule has 2 fully saturated rings. The van der Waals surface area contributed by atoms with Crippen molar-refractivity contribution in [2.45, 2.75) is 44.2 Å². The van der Waals surface area contributed by atoms with E-state index in [1.54, 1.807) is 0 Å². The zero-order chi connectivity index (χ0) is 13.7. The van der Waals surface area contributed by atoms with Gasteiger partial charge < -0.3 is 15.5 Å². The molecule has 0 radical (unpaired) electrons. The minimum atomic E-state index is -0.351. The number of allylic oxidation sites excluding steroid dienone is 1. The van der Waals surface area contributed by atoms with E-state index in [4.69, 9.17) is 0 Å². The van der Waals surface area contributed by atoms with E-state index >= 15 is 0 Å². The number of hydrogen-bond donors (Lipinski definition) is 2. The van der Waals surface area contributed by atoms with Gasteiger partial charge >= 0.3 is 0 Å². The summed E-state index contributed by atoms with van der Waals surface area (Å²) in [5.74, 6) is 0.0440. The van der Waals surface area contributed by atoms with Crippen LogP contribution >= 0.6 is 0 Å². The third-order valence-corrected chi connectivity index (χ3v) is 3.55. The molecular weight excluding hydrogens is 242 g/mol. The molecule has 0 aromatic heterocycles. The maximum Gasteiger partial charge on any atom is 0.240 e. The minimum Gasteiger partial charge on any atom is -0.353 e. The third kappa shape index (κ3) is 4.35. The number of carbonyl (C=O) groups excluding carboxylic acids is 2. The molecule has 0 bridgehead atoms. The predicted molar refractivity (Wildman–Crippen MR) is 73.6 cm³/mol. The lowest BCUT2D eigenvalue weighted by Crippen LogP contribution is -2.56. The molecule has 2 aliphatic rings. The van der Waals surface area contributed by atoms with Crippen LogP contribution in [0.4, 0.5) is 0 Å². The Bertz CT molecular complexity index is 353. The van der Waals surface area contributed by atoms with E-state index in [1.807, 2.05) is 11.0 Å². The van der Waals surface area contributed by atoms with Gasteiger partial charge in [0.1, 0.15) is 0 Å². The van der Waals surface area contributed by atoms with Crippen LogP contribution in [0.15, 0.2) is 12.7 Å². The van der Waals surface area contributed by atoms with Crippen molar-refractivity contribution in [2.75, 3.05) is 19.6 Å². The van der Waals surface area contributed by atoms with Crippen molar-refractivity contribution in [1.82, 2.24) is 15.5 Å². The number of piperazine rings is 1. The molecule has 1 aliphatic heterocycles. The van der Waals surface area contributed by atoms with Crippen molar-refractivity contribution in [2.24, 2.45) is 0 Å². The van der Waals surface area contributed by atoms with E-state index in [-0.39, 0.29) is 24.3 Å². The van der Waals surface area contributed by atoms with Crippen LogP contribution < -0.4 is 10.6 Å². The standard InChI is InChI=1S/C14H23N3O2/c1-2-3-4-8-17-9-7-15-12(14(17)19)10-13(18)16-11-5-6-11/h2,11-12,15H,1,3-10H2,(H,16,18). The first-order valence-electron chi connectivity index (χ1n) is 7.13. The Labute approximate surface area is 114 Å². The maximum absolute atomic E-state index is 12.2. The number of carbonyl (C=O) groups is 2. The predicted octanol–water partition coefficient (Wildman–Crippen LogP) is 0.422. The molecule has 106 valence electrons. The van der Waals surface area contributed by atoms with Crippen molar-refractivity contribution in [3.63, 3.8) is 0 Å². The molecule has 1 saturated heterocycles. The summed E-state index contributed by atoms with van der Waals surface area (Å²) in [5, 5.41) is 6.07. The first-order chi connectivity index (χ1) is 9.20. The summed E-state index contributed by atoms with van der Waals surface area (Å²) in [6.07, 6.45) is 6.14. The summed E-state index contributed by atoms with van der Waals surface area (Å²) in [6, 6.07) is 0.00566. The quantitative estimate of drug-likeness (QED) is 0.518. The molecule has 1 heterocycles. The topological polar surface area (TPSA) is 61.4 Å². The number of nitrogens with zero attached hydrogens (tertiary/aromatic N) is 1. The molecule has 2 amide bonds. The largest absolute Gasteiger partial charge is 0.353 e. The van der Waals surface area contributed by atoms with Crippen LogP contribution in [-0.4, -0.2) is 48.4 Å². The first-order valence-corrected chi connectivity index (χ1v) is 7.13. The number of nitrogens with one attached hydrogen (secondary N) is 2. The summed E-state index contributed by atoms with van der Waals surface area (Å²) < 4.78 is 0. The van der Waals surface area contributed by atoms with Crippen molar-refractivity contribution < 1.29 is 9.59 Å². The lowest BCUT2D eigenvalue weighted by atomic mass is 10.1. The molecule has 0 aromatic carbocycles. The van der Waals surface area contributed by atoms with Gasteiger partial charge in [-0.2, -0.15) is 0 Å². The third-order valence-electron chi connectivity index (χ3n) is 3.55. The Balaban J connectivity index is 1.77. The minimum absolute atomic E-state index is 0.0127. The lowest BCUT2D eigenvalue weighted by Gasteiger charge is -2.33. The molecule has 19 heavy (non-hydrogen) atoms. The average Bonchev–Trinajstić information content (AvgIpc) is 3.18. The highest BCUT2D eigenvalue weighted by Crippen LogP contribution is 2.19. The second kappa shape index (κ2) is 6.70. The fourth-order valence-corrected chi connectivity index (χ4v) is 2.30. The van der Waals surface area contributed by atoms with Crippen molar-refractivity contribution in [3.8, 4) is 0 Å². The Morgan fingerprint density at radius 1 is 1.53 bits per heavy atom. The maximum atomic E-state index is 12.2. The summed E-state index contributed by atoms with van der Waals surface area (Å²) >= 11 is 0. The number of hydrogen-bond acceptors (Lipinski definition) is 3. The Morgan fingerprint density at radius 2 is 2.32 bits per heavy atom. The summed E-state index contributed by atoms with van der Waals surface area (Å²) in [6.45, 7) is 5.94. The second-order valence-electron chi connectivity index (χ2n) is 5.31. The van der Waals surface area contributed by atoms with E-state index in [0.717, 1.165) is 45.3 Å².